The summed E-state index contributed by atoms with van der Waals surface area (Å²) >= 11 is 0. The lowest BCUT2D eigenvalue weighted by molar-refractivity contribution is 0.206. The van der Waals surface area contributed by atoms with Gasteiger partial charge in [0.05, 0.1) is 11.9 Å². The molecule has 4 aromatic rings. The molecule has 32 heavy (non-hydrogen) atoms. The lowest BCUT2D eigenvalue weighted by atomic mass is 10.1. The Morgan fingerprint density at radius 2 is 1.69 bits per heavy atom. The van der Waals surface area contributed by atoms with E-state index in [9.17, 15) is 0 Å². The van der Waals surface area contributed by atoms with Crippen molar-refractivity contribution < 1.29 is 0 Å². The quantitative estimate of drug-likeness (QED) is 0.445. The van der Waals surface area contributed by atoms with Crippen LogP contribution in [0, 0.1) is 0 Å². The summed E-state index contributed by atoms with van der Waals surface area (Å²) < 4.78 is 2.18. The fourth-order valence-corrected chi connectivity index (χ4v) is 4.70. The molecule has 0 bridgehead atoms. The smallest absolute Gasteiger partial charge is 0.180 e. The Balaban J connectivity index is 1.35. The zero-order valence-corrected chi connectivity index (χ0v) is 19.1. The lowest BCUT2D eigenvalue weighted by Gasteiger charge is -2.36. The number of fused-ring (bicyclic) bond motifs is 2. The SMILES string of the molecule is CCN(CC)CCN1CCN(c2ncc(-c3ccc4ccccc4c3)n3ccnc23)CC1. The summed E-state index contributed by atoms with van der Waals surface area (Å²) in [6, 6.07) is 15.1. The highest BCUT2D eigenvalue weighted by Crippen LogP contribution is 2.28. The highest BCUT2D eigenvalue weighted by Gasteiger charge is 2.21. The molecule has 2 aromatic carbocycles. The molecule has 1 aliphatic heterocycles. The summed E-state index contributed by atoms with van der Waals surface area (Å²) in [5.74, 6) is 0.989. The van der Waals surface area contributed by atoms with Gasteiger partial charge in [-0.05, 0) is 29.9 Å². The average molecular weight is 429 g/mol. The minimum Gasteiger partial charge on any atom is -0.351 e. The zero-order chi connectivity index (χ0) is 21.9. The molecule has 0 spiro atoms. The monoisotopic (exact) mass is 428 g/mol. The largest absolute Gasteiger partial charge is 0.351 e. The third-order valence-corrected chi connectivity index (χ3v) is 6.75. The van der Waals surface area contributed by atoms with Crippen molar-refractivity contribution in [3.63, 3.8) is 0 Å². The molecule has 0 amide bonds. The molecule has 2 aromatic heterocycles. The zero-order valence-electron chi connectivity index (χ0n) is 19.1. The van der Waals surface area contributed by atoms with Crippen LogP contribution in [0.2, 0.25) is 0 Å². The molecule has 3 heterocycles. The van der Waals surface area contributed by atoms with Gasteiger partial charge in [0, 0.05) is 57.2 Å². The summed E-state index contributed by atoms with van der Waals surface area (Å²) in [5, 5.41) is 2.49. The standard InChI is InChI=1S/C26H32N6/c1-3-29(4-2)13-14-30-15-17-31(18-16-30)25-26-27-11-12-32(26)24(20-28-25)23-10-9-21-7-5-6-8-22(21)19-23/h5-12,19-20H,3-4,13-18H2,1-2H3. The molecular formula is C26H32N6. The molecule has 0 aliphatic carbocycles. The Morgan fingerprint density at radius 3 is 2.47 bits per heavy atom. The van der Waals surface area contributed by atoms with Crippen molar-refractivity contribution in [2.45, 2.75) is 13.8 Å². The van der Waals surface area contributed by atoms with Gasteiger partial charge in [0.1, 0.15) is 0 Å². The Labute approximate surface area is 190 Å². The van der Waals surface area contributed by atoms with Crippen LogP contribution >= 0.6 is 0 Å². The van der Waals surface area contributed by atoms with Crippen LogP contribution in [-0.2, 0) is 0 Å². The molecule has 0 atom stereocenters. The number of anilines is 1. The summed E-state index contributed by atoms with van der Waals surface area (Å²) in [5.41, 5.74) is 3.17. The molecule has 0 radical (unpaired) electrons. The van der Waals surface area contributed by atoms with Crippen molar-refractivity contribution in [1.29, 1.82) is 0 Å². The van der Waals surface area contributed by atoms with E-state index in [-0.39, 0.29) is 0 Å². The first kappa shape index (κ1) is 20.9. The van der Waals surface area contributed by atoms with Crippen LogP contribution in [0.1, 0.15) is 13.8 Å². The van der Waals surface area contributed by atoms with E-state index in [0.29, 0.717) is 0 Å². The van der Waals surface area contributed by atoms with E-state index in [4.69, 9.17) is 4.98 Å². The highest BCUT2D eigenvalue weighted by molar-refractivity contribution is 5.87. The van der Waals surface area contributed by atoms with Gasteiger partial charge in [-0.25, -0.2) is 9.97 Å². The predicted octanol–water partition coefficient (Wildman–Crippen LogP) is 4.01. The molecule has 0 N–H and O–H groups in total. The van der Waals surface area contributed by atoms with Gasteiger partial charge < -0.3 is 9.80 Å². The fraction of sp³-hybridized carbons (Fsp3) is 0.385. The number of hydrogen-bond acceptors (Lipinski definition) is 5. The Morgan fingerprint density at radius 1 is 0.906 bits per heavy atom. The van der Waals surface area contributed by atoms with Crippen molar-refractivity contribution in [3.8, 4) is 11.3 Å². The van der Waals surface area contributed by atoms with Gasteiger partial charge >= 0.3 is 0 Å². The van der Waals surface area contributed by atoms with E-state index in [1.54, 1.807) is 0 Å². The first-order valence-electron chi connectivity index (χ1n) is 11.8. The third kappa shape index (κ3) is 4.08. The Hall–Kier alpha value is -2.96. The molecule has 1 fully saturated rings. The van der Waals surface area contributed by atoms with Crippen LogP contribution in [0.25, 0.3) is 27.7 Å². The first-order chi connectivity index (χ1) is 15.8. The maximum absolute atomic E-state index is 4.90. The topological polar surface area (TPSA) is 39.9 Å². The van der Waals surface area contributed by atoms with Gasteiger partial charge in [0.2, 0.25) is 0 Å². The van der Waals surface area contributed by atoms with E-state index < -0.39 is 0 Å². The summed E-state index contributed by atoms with van der Waals surface area (Å²) in [7, 11) is 0. The number of nitrogens with zero attached hydrogens (tertiary/aromatic N) is 6. The molecule has 1 saturated heterocycles. The van der Waals surface area contributed by atoms with Crippen molar-refractivity contribution in [3.05, 3.63) is 61.1 Å². The van der Waals surface area contributed by atoms with E-state index in [1.807, 2.05) is 18.6 Å². The second-order valence-corrected chi connectivity index (χ2v) is 8.51. The minimum absolute atomic E-state index is 0.937. The van der Waals surface area contributed by atoms with Gasteiger partial charge in [-0.15, -0.1) is 0 Å². The molecule has 5 rings (SSSR count). The van der Waals surface area contributed by atoms with Gasteiger partial charge in [0.25, 0.3) is 0 Å². The van der Waals surface area contributed by atoms with Crippen LogP contribution in [-0.4, -0.2) is 76.5 Å². The molecule has 6 nitrogen and oxygen atoms in total. The molecule has 6 heteroatoms. The molecule has 1 aliphatic rings. The summed E-state index contributed by atoms with van der Waals surface area (Å²) in [6.07, 6.45) is 5.93. The lowest BCUT2D eigenvalue weighted by Crippen LogP contribution is -2.48. The Kier molecular flexibility index (Phi) is 6.06. The molecule has 0 saturated carbocycles. The Bertz CT molecular complexity index is 1190. The number of piperazine rings is 1. The van der Waals surface area contributed by atoms with Crippen LogP contribution in [0.5, 0.6) is 0 Å². The van der Waals surface area contributed by atoms with Crippen molar-refractivity contribution in [2.75, 3.05) is 57.3 Å². The average Bonchev–Trinajstić information content (AvgIpc) is 3.34. The summed E-state index contributed by atoms with van der Waals surface area (Å²) in [4.78, 5) is 17.0. The van der Waals surface area contributed by atoms with E-state index in [1.165, 1.54) is 10.8 Å². The third-order valence-electron chi connectivity index (χ3n) is 6.75. The van der Waals surface area contributed by atoms with Gasteiger partial charge in [-0.2, -0.15) is 0 Å². The fourth-order valence-electron chi connectivity index (χ4n) is 4.70. The van der Waals surface area contributed by atoms with Crippen molar-refractivity contribution in [1.82, 2.24) is 24.2 Å². The number of aromatic nitrogens is 3. The van der Waals surface area contributed by atoms with Crippen molar-refractivity contribution >= 4 is 22.2 Å². The van der Waals surface area contributed by atoms with Gasteiger partial charge in [-0.3, -0.25) is 9.30 Å². The normalized spacial score (nSPS) is 15.3. The summed E-state index contributed by atoms with van der Waals surface area (Å²) in [6.45, 7) is 13.1. The highest BCUT2D eigenvalue weighted by atomic mass is 15.3. The predicted molar refractivity (Wildman–Crippen MR) is 132 cm³/mol. The maximum Gasteiger partial charge on any atom is 0.180 e. The number of likely N-dealkylation sites (N-methyl/N-ethyl adjacent to an activating group) is 1. The van der Waals surface area contributed by atoms with E-state index in [0.717, 1.165) is 75.1 Å². The minimum atomic E-state index is 0.937. The second kappa shape index (κ2) is 9.27. The van der Waals surface area contributed by atoms with Gasteiger partial charge in [0.15, 0.2) is 11.5 Å². The van der Waals surface area contributed by atoms with Crippen LogP contribution < -0.4 is 4.90 Å². The second-order valence-electron chi connectivity index (χ2n) is 8.51. The molecular weight excluding hydrogens is 396 g/mol. The van der Waals surface area contributed by atoms with E-state index in [2.05, 4.69) is 80.4 Å². The number of benzene rings is 2. The van der Waals surface area contributed by atoms with Gasteiger partial charge in [-0.1, -0.05) is 50.2 Å². The molecule has 166 valence electrons. The number of rotatable bonds is 7. The first-order valence-corrected chi connectivity index (χ1v) is 11.8. The number of imidazole rings is 1. The van der Waals surface area contributed by atoms with E-state index >= 15 is 0 Å². The van der Waals surface area contributed by atoms with Crippen LogP contribution in [0.4, 0.5) is 5.82 Å². The maximum atomic E-state index is 4.90. The van der Waals surface area contributed by atoms with Crippen LogP contribution in [0.15, 0.2) is 61.1 Å². The molecule has 0 unspecified atom stereocenters. The number of hydrogen-bond donors (Lipinski definition) is 0. The van der Waals surface area contributed by atoms with Crippen LogP contribution in [0.3, 0.4) is 0 Å². The van der Waals surface area contributed by atoms with Crippen molar-refractivity contribution in [2.24, 2.45) is 0 Å².